The maximum atomic E-state index is 13.2. The highest BCUT2D eigenvalue weighted by Crippen LogP contribution is 2.27. The normalized spacial score (nSPS) is 12.9. The third kappa shape index (κ3) is 4.42. The molecule has 0 saturated carbocycles. The molecule has 5 heteroatoms. The lowest BCUT2D eigenvalue weighted by atomic mass is 9.96. The molecule has 0 spiro atoms. The van der Waals surface area contributed by atoms with Crippen molar-refractivity contribution in [2.45, 2.75) is 25.8 Å². The number of carbonyl (C=O) groups excluding carboxylic acids is 1. The van der Waals surface area contributed by atoms with Crippen molar-refractivity contribution in [3.05, 3.63) is 112 Å². The van der Waals surface area contributed by atoms with Gasteiger partial charge in [0.25, 0.3) is 5.56 Å². The number of pyridine rings is 2. The maximum Gasteiger partial charge on any atom is 0.258 e. The van der Waals surface area contributed by atoms with Gasteiger partial charge in [0.1, 0.15) is 0 Å². The van der Waals surface area contributed by atoms with Crippen molar-refractivity contribution < 1.29 is 4.79 Å². The zero-order chi connectivity index (χ0) is 23.5. The molecule has 3 heterocycles. The molecule has 0 N–H and O–H groups in total. The van der Waals surface area contributed by atoms with Crippen LogP contribution in [0.4, 0.5) is 0 Å². The van der Waals surface area contributed by atoms with Gasteiger partial charge in [-0.2, -0.15) is 0 Å². The first-order chi connectivity index (χ1) is 16.6. The summed E-state index contributed by atoms with van der Waals surface area (Å²) in [6.45, 7) is 1.15. The zero-order valence-corrected chi connectivity index (χ0v) is 19.3. The lowest BCUT2D eigenvalue weighted by molar-refractivity contribution is -0.132. The zero-order valence-electron chi connectivity index (χ0n) is 19.3. The van der Waals surface area contributed by atoms with Crippen LogP contribution in [0.15, 0.2) is 89.9 Å². The summed E-state index contributed by atoms with van der Waals surface area (Å²) in [5.41, 5.74) is 6.73. The summed E-state index contributed by atoms with van der Waals surface area (Å²) >= 11 is 0. The minimum absolute atomic E-state index is 0.00103. The Kier molecular flexibility index (Phi) is 6.09. The molecule has 34 heavy (non-hydrogen) atoms. The molecule has 0 fully saturated rings. The Morgan fingerprint density at radius 3 is 2.47 bits per heavy atom. The largest absolute Gasteiger partial charge is 0.338 e. The van der Waals surface area contributed by atoms with Crippen molar-refractivity contribution in [1.82, 2.24) is 14.5 Å². The van der Waals surface area contributed by atoms with Crippen molar-refractivity contribution in [3.8, 4) is 22.3 Å². The molecular formula is C29H27N3O2. The Morgan fingerprint density at radius 2 is 1.68 bits per heavy atom. The molecule has 0 radical (unpaired) electrons. The summed E-state index contributed by atoms with van der Waals surface area (Å²) in [5.74, 6) is 0.123. The predicted octanol–water partition coefficient (Wildman–Crippen LogP) is 4.63. The molecule has 170 valence electrons. The molecular weight excluding hydrogens is 422 g/mol. The summed E-state index contributed by atoms with van der Waals surface area (Å²) in [5, 5.41) is 0. The first-order valence-corrected chi connectivity index (χ1v) is 11.7. The van der Waals surface area contributed by atoms with Crippen LogP contribution < -0.4 is 5.56 Å². The van der Waals surface area contributed by atoms with E-state index in [0.29, 0.717) is 37.9 Å². The Hall–Kier alpha value is -3.99. The lowest BCUT2D eigenvalue weighted by Gasteiger charge is -2.30. The smallest absolute Gasteiger partial charge is 0.258 e. The molecule has 5 rings (SSSR count). The first kappa shape index (κ1) is 21.8. The Bertz CT molecular complexity index is 1380. The summed E-state index contributed by atoms with van der Waals surface area (Å²) in [6.07, 6.45) is 3.50. The fourth-order valence-electron chi connectivity index (χ4n) is 4.68. The van der Waals surface area contributed by atoms with Crippen LogP contribution in [0.1, 0.15) is 23.4 Å². The lowest BCUT2D eigenvalue weighted by Crippen LogP contribution is -2.39. The molecule has 0 atom stereocenters. The van der Waals surface area contributed by atoms with Gasteiger partial charge in [-0.05, 0) is 52.9 Å². The molecule has 2 aromatic carbocycles. The molecule has 0 aliphatic carbocycles. The molecule has 0 unspecified atom stereocenters. The average molecular weight is 450 g/mol. The number of hydrogen-bond acceptors (Lipinski definition) is 3. The van der Waals surface area contributed by atoms with Crippen LogP contribution in [-0.4, -0.2) is 26.9 Å². The number of aromatic nitrogens is 2. The number of carbonyl (C=O) groups is 1. The highest BCUT2D eigenvalue weighted by Gasteiger charge is 2.24. The predicted molar refractivity (Wildman–Crippen MR) is 134 cm³/mol. The van der Waals surface area contributed by atoms with Gasteiger partial charge in [-0.15, -0.1) is 0 Å². The van der Waals surface area contributed by atoms with Gasteiger partial charge in [0, 0.05) is 56.1 Å². The van der Waals surface area contributed by atoms with Crippen LogP contribution in [0.5, 0.6) is 0 Å². The van der Waals surface area contributed by atoms with E-state index in [1.54, 1.807) is 10.8 Å². The molecule has 5 nitrogen and oxygen atoms in total. The monoisotopic (exact) mass is 449 g/mol. The summed E-state index contributed by atoms with van der Waals surface area (Å²) in [7, 11) is 1.84. The summed E-state index contributed by atoms with van der Waals surface area (Å²) in [4.78, 5) is 32.4. The van der Waals surface area contributed by atoms with Gasteiger partial charge in [-0.1, -0.05) is 54.6 Å². The Morgan fingerprint density at radius 1 is 0.912 bits per heavy atom. The summed E-state index contributed by atoms with van der Waals surface area (Å²) < 4.78 is 1.76. The quantitative estimate of drug-likeness (QED) is 0.446. The highest BCUT2D eigenvalue weighted by molar-refractivity contribution is 5.77. The minimum atomic E-state index is -0.00103. The summed E-state index contributed by atoms with van der Waals surface area (Å²) in [6, 6.07) is 26.0. The highest BCUT2D eigenvalue weighted by atomic mass is 16.2. The second kappa shape index (κ2) is 9.48. The molecule has 1 amide bonds. The van der Waals surface area contributed by atoms with Crippen LogP contribution in [0.2, 0.25) is 0 Å². The molecule has 2 aromatic heterocycles. The fraction of sp³-hybridized carbons (Fsp3) is 0.207. The molecule has 4 aromatic rings. The number of benzene rings is 2. The fourth-order valence-corrected chi connectivity index (χ4v) is 4.68. The van der Waals surface area contributed by atoms with Gasteiger partial charge >= 0.3 is 0 Å². The van der Waals surface area contributed by atoms with E-state index in [1.807, 2.05) is 66.5 Å². The van der Waals surface area contributed by atoms with Gasteiger partial charge in [-0.3, -0.25) is 14.6 Å². The van der Waals surface area contributed by atoms with Crippen LogP contribution in [0, 0.1) is 0 Å². The van der Waals surface area contributed by atoms with Crippen LogP contribution in [-0.2, 0) is 31.2 Å². The van der Waals surface area contributed by atoms with E-state index in [-0.39, 0.29) is 11.5 Å². The number of amides is 1. The third-order valence-electron chi connectivity index (χ3n) is 6.56. The van der Waals surface area contributed by atoms with E-state index in [4.69, 9.17) is 0 Å². The Labute approximate surface area is 199 Å². The van der Waals surface area contributed by atoms with Crippen molar-refractivity contribution in [2.75, 3.05) is 6.54 Å². The number of aryl methyl sites for hydroxylation is 1. The van der Waals surface area contributed by atoms with Crippen LogP contribution in [0.3, 0.4) is 0 Å². The van der Waals surface area contributed by atoms with Crippen molar-refractivity contribution in [3.63, 3.8) is 0 Å². The topological polar surface area (TPSA) is 55.2 Å². The first-order valence-electron chi connectivity index (χ1n) is 11.7. The van der Waals surface area contributed by atoms with Crippen LogP contribution in [0.25, 0.3) is 22.3 Å². The van der Waals surface area contributed by atoms with E-state index in [0.717, 1.165) is 33.6 Å². The van der Waals surface area contributed by atoms with Gasteiger partial charge in [0.15, 0.2) is 0 Å². The molecule has 0 bridgehead atoms. The third-order valence-corrected chi connectivity index (χ3v) is 6.56. The second-order valence-corrected chi connectivity index (χ2v) is 8.73. The van der Waals surface area contributed by atoms with E-state index < -0.39 is 0 Å². The number of hydrogen-bond donors (Lipinski definition) is 0. The standard InChI is InChI=1S/C29H27N3O2/c1-31-27-15-17-32(28(33)14-13-25-12-5-6-16-30-25)20-24(27)19-26(29(31)34)23-11-7-10-22(18-23)21-8-3-2-4-9-21/h2-12,16,18-19H,13-15,17,20H2,1H3. The van der Waals surface area contributed by atoms with Crippen molar-refractivity contribution >= 4 is 5.91 Å². The number of nitrogens with zero attached hydrogens (tertiary/aromatic N) is 3. The minimum Gasteiger partial charge on any atom is -0.338 e. The maximum absolute atomic E-state index is 13.2. The van der Waals surface area contributed by atoms with E-state index in [1.165, 1.54) is 0 Å². The molecule has 0 saturated heterocycles. The molecule has 1 aliphatic heterocycles. The SMILES string of the molecule is Cn1c2c(cc(-c3cccc(-c4ccccc4)c3)c1=O)CN(C(=O)CCc1ccccn1)CC2. The van der Waals surface area contributed by atoms with Crippen LogP contribution >= 0.6 is 0 Å². The van der Waals surface area contributed by atoms with Gasteiger partial charge in [0.05, 0.1) is 0 Å². The van der Waals surface area contributed by atoms with E-state index >= 15 is 0 Å². The van der Waals surface area contributed by atoms with E-state index in [9.17, 15) is 9.59 Å². The average Bonchev–Trinajstić information content (AvgIpc) is 2.90. The number of fused-ring (bicyclic) bond motifs is 1. The van der Waals surface area contributed by atoms with E-state index in [2.05, 4.69) is 29.2 Å². The second-order valence-electron chi connectivity index (χ2n) is 8.73. The van der Waals surface area contributed by atoms with Gasteiger partial charge < -0.3 is 9.47 Å². The van der Waals surface area contributed by atoms with Crippen molar-refractivity contribution in [1.29, 1.82) is 0 Å². The molecule has 1 aliphatic rings. The Balaban J connectivity index is 1.41. The van der Waals surface area contributed by atoms with Gasteiger partial charge in [-0.25, -0.2) is 0 Å². The van der Waals surface area contributed by atoms with Gasteiger partial charge in [0.2, 0.25) is 5.91 Å². The van der Waals surface area contributed by atoms with Crippen molar-refractivity contribution in [2.24, 2.45) is 7.05 Å². The number of rotatable bonds is 5.